The molecule has 0 N–H and O–H groups in total. The number of hydrogen-bond donors (Lipinski definition) is 0. The van der Waals surface area contributed by atoms with Crippen LogP contribution in [0.2, 0.25) is 39.3 Å². The molecule has 18 heavy (non-hydrogen) atoms. The Morgan fingerprint density at radius 2 is 1.50 bits per heavy atom. The van der Waals surface area contributed by atoms with Gasteiger partial charge in [-0.1, -0.05) is 55.9 Å². The Morgan fingerprint density at radius 3 is 1.94 bits per heavy atom. The minimum Gasteiger partial charge on any atom is -0.400 e. The van der Waals surface area contributed by atoms with E-state index in [1.165, 1.54) is 5.56 Å². The van der Waals surface area contributed by atoms with E-state index in [1.54, 1.807) is 0 Å². The lowest BCUT2D eigenvalue weighted by atomic mass is 10.1. The molecular formula is C15H24OSi2. The lowest BCUT2D eigenvalue weighted by molar-refractivity contribution is 0.257. The Hall–Kier alpha value is -0.826. The van der Waals surface area contributed by atoms with Gasteiger partial charge in [-0.15, -0.1) is 5.54 Å². The van der Waals surface area contributed by atoms with Gasteiger partial charge < -0.3 is 4.43 Å². The molecule has 0 aliphatic rings. The van der Waals surface area contributed by atoms with Gasteiger partial charge in [0.25, 0.3) is 0 Å². The molecule has 0 saturated heterocycles. The van der Waals surface area contributed by atoms with Crippen LogP contribution in [0.1, 0.15) is 11.7 Å². The topological polar surface area (TPSA) is 9.23 Å². The van der Waals surface area contributed by atoms with Crippen molar-refractivity contribution in [1.29, 1.82) is 0 Å². The van der Waals surface area contributed by atoms with E-state index in [0.29, 0.717) is 0 Å². The van der Waals surface area contributed by atoms with Gasteiger partial charge in [0.2, 0.25) is 0 Å². The van der Waals surface area contributed by atoms with Crippen LogP contribution in [0, 0.1) is 11.5 Å². The molecule has 0 aromatic heterocycles. The molecule has 1 aromatic carbocycles. The first-order chi connectivity index (χ1) is 8.17. The van der Waals surface area contributed by atoms with Gasteiger partial charge in [-0.25, -0.2) is 0 Å². The van der Waals surface area contributed by atoms with Gasteiger partial charge >= 0.3 is 0 Å². The SMILES string of the molecule is C[Si](C)(C)C#CC(O[Si](C)(C)C)c1ccccc1. The molecule has 0 aliphatic carbocycles. The second-order valence-electron chi connectivity index (χ2n) is 6.54. The average Bonchev–Trinajstić information content (AvgIpc) is 2.23. The lowest BCUT2D eigenvalue weighted by Crippen LogP contribution is -2.28. The van der Waals surface area contributed by atoms with E-state index in [9.17, 15) is 0 Å². The summed E-state index contributed by atoms with van der Waals surface area (Å²) in [5.74, 6) is 3.36. The summed E-state index contributed by atoms with van der Waals surface area (Å²) in [6.07, 6.45) is -0.0652. The van der Waals surface area contributed by atoms with Gasteiger partial charge in [0.1, 0.15) is 14.2 Å². The van der Waals surface area contributed by atoms with Crippen LogP contribution in [0.15, 0.2) is 30.3 Å². The molecule has 1 atom stereocenters. The number of rotatable bonds is 3. The summed E-state index contributed by atoms with van der Waals surface area (Å²) in [6, 6.07) is 10.3. The second-order valence-corrected chi connectivity index (χ2v) is 15.8. The number of benzene rings is 1. The zero-order valence-electron chi connectivity index (χ0n) is 12.4. The first-order valence-corrected chi connectivity index (χ1v) is 13.3. The second kappa shape index (κ2) is 5.88. The molecule has 0 amide bonds. The molecule has 0 radical (unpaired) electrons. The predicted octanol–water partition coefficient (Wildman–Crippen LogP) is 4.46. The summed E-state index contributed by atoms with van der Waals surface area (Å²) >= 11 is 0. The van der Waals surface area contributed by atoms with E-state index in [-0.39, 0.29) is 6.10 Å². The van der Waals surface area contributed by atoms with Crippen molar-refractivity contribution in [1.82, 2.24) is 0 Å². The van der Waals surface area contributed by atoms with Gasteiger partial charge in [0, 0.05) is 0 Å². The normalized spacial score (nSPS) is 13.7. The van der Waals surface area contributed by atoms with Crippen molar-refractivity contribution in [2.45, 2.75) is 45.4 Å². The zero-order chi connectivity index (χ0) is 13.8. The van der Waals surface area contributed by atoms with Gasteiger partial charge in [-0.05, 0) is 25.2 Å². The Balaban J connectivity index is 2.99. The van der Waals surface area contributed by atoms with Gasteiger partial charge in [0.15, 0.2) is 8.32 Å². The van der Waals surface area contributed by atoms with Crippen molar-refractivity contribution in [3.05, 3.63) is 35.9 Å². The van der Waals surface area contributed by atoms with Crippen LogP contribution < -0.4 is 0 Å². The number of hydrogen-bond acceptors (Lipinski definition) is 1. The molecule has 3 heteroatoms. The Kier molecular flexibility index (Phi) is 4.97. The lowest BCUT2D eigenvalue weighted by Gasteiger charge is -2.23. The average molecular weight is 277 g/mol. The van der Waals surface area contributed by atoms with Crippen LogP contribution in [0.5, 0.6) is 0 Å². The monoisotopic (exact) mass is 276 g/mol. The zero-order valence-corrected chi connectivity index (χ0v) is 14.4. The molecule has 0 bridgehead atoms. The summed E-state index contributed by atoms with van der Waals surface area (Å²) < 4.78 is 6.21. The van der Waals surface area contributed by atoms with Crippen LogP contribution in [0.4, 0.5) is 0 Å². The van der Waals surface area contributed by atoms with E-state index < -0.39 is 16.4 Å². The quantitative estimate of drug-likeness (QED) is 0.585. The van der Waals surface area contributed by atoms with E-state index in [2.05, 4.69) is 62.9 Å². The Morgan fingerprint density at radius 1 is 0.944 bits per heavy atom. The van der Waals surface area contributed by atoms with Crippen molar-refractivity contribution in [2.24, 2.45) is 0 Å². The molecule has 0 spiro atoms. The van der Waals surface area contributed by atoms with E-state index in [0.717, 1.165) is 0 Å². The Labute approximate surface area is 114 Å². The third-order valence-corrected chi connectivity index (χ3v) is 3.99. The molecule has 0 heterocycles. The molecule has 1 nitrogen and oxygen atoms in total. The first-order valence-electron chi connectivity index (χ1n) is 6.43. The maximum Gasteiger partial charge on any atom is 0.185 e. The molecule has 1 rings (SSSR count). The van der Waals surface area contributed by atoms with E-state index in [4.69, 9.17) is 4.43 Å². The summed E-state index contributed by atoms with van der Waals surface area (Å²) in [7, 11) is -2.94. The van der Waals surface area contributed by atoms with E-state index >= 15 is 0 Å². The van der Waals surface area contributed by atoms with Crippen molar-refractivity contribution in [3.8, 4) is 11.5 Å². The highest BCUT2D eigenvalue weighted by Crippen LogP contribution is 2.21. The first kappa shape index (κ1) is 15.2. The van der Waals surface area contributed by atoms with E-state index in [1.807, 2.05) is 18.2 Å². The summed E-state index contributed by atoms with van der Waals surface area (Å²) in [4.78, 5) is 0. The molecule has 0 fully saturated rings. The van der Waals surface area contributed by atoms with Crippen molar-refractivity contribution < 1.29 is 4.43 Å². The van der Waals surface area contributed by atoms with Gasteiger partial charge in [0.05, 0.1) is 0 Å². The van der Waals surface area contributed by atoms with Gasteiger partial charge in [-0.2, -0.15) is 0 Å². The van der Waals surface area contributed by atoms with Crippen molar-refractivity contribution in [2.75, 3.05) is 0 Å². The van der Waals surface area contributed by atoms with Crippen LogP contribution in [-0.2, 0) is 4.43 Å². The molecule has 0 saturated carbocycles. The van der Waals surface area contributed by atoms with Crippen LogP contribution in [0.25, 0.3) is 0 Å². The fourth-order valence-electron chi connectivity index (χ4n) is 1.44. The summed E-state index contributed by atoms with van der Waals surface area (Å²) in [5.41, 5.74) is 4.60. The third-order valence-electron chi connectivity index (χ3n) is 2.15. The molecule has 1 unspecified atom stereocenters. The molecule has 1 aromatic rings. The predicted molar refractivity (Wildman–Crippen MR) is 84.7 cm³/mol. The fraction of sp³-hybridized carbons (Fsp3) is 0.467. The standard InChI is InChI=1S/C15H24OSi2/c1-17(2,3)13-12-15(16-18(4,5)6)14-10-8-7-9-11-14/h7-11,15H,1-6H3. The van der Waals surface area contributed by atoms with Crippen LogP contribution in [0.3, 0.4) is 0 Å². The molecular weight excluding hydrogens is 252 g/mol. The fourth-order valence-corrected chi connectivity index (χ4v) is 2.91. The minimum absolute atomic E-state index is 0.0652. The highest BCUT2D eigenvalue weighted by Gasteiger charge is 2.21. The smallest absolute Gasteiger partial charge is 0.185 e. The van der Waals surface area contributed by atoms with Crippen molar-refractivity contribution >= 4 is 16.4 Å². The highest BCUT2D eigenvalue weighted by atomic mass is 28.4. The summed E-state index contributed by atoms with van der Waals surface area (Å²) in [6.45, 7) is 13.4. The molecule has 0 aliphatic heterocycles. The Bertz CT molecular complexity index is 430. The third kappa shape index (κ3) is 6.20. The highest BCUT2D eigenvalue weighted by molar-refractivity contribution is 6.83. The minimum atomic E-state index is -1.59. The maximum absolute atomic E-state index is 6.21. The van der Waals surface area contributed by atoms with Crippen LogP contribution >= 0.6 is 0 Å². The van der Waals surface area contributed by atoms with Crippen LogP contribution in [-0.4, -0.2) is 16.4 Å². The van der Waals surface area contributed by atoms with Crippen molar-refractivity contribution in [3.63, 3.8) is 0 Å². The molecule has 98 valence electrons. The summed E-state index contributed by atoms with van der Waals surface area (Å²) in [5, 5.41) is 0. The largest absolute Gasteiger partial charge is 0.400 e. The maximum atomic E-state index is 6.21. The van der Waals surface area contributed by atoms with Gasteiger partial charge in [-0.3, -0.25) is 0 Å².